The number of nitrogens with one attached hydrogen (secondary N) is 1. The molecule has 0 bridgehead atoms. The molecule has 4 rings (SSSR count). The largest absolute Gasteiger partial charge is 0.486 e. The van der Waals surface area contributed by atoms with Gasteiger partial charge < -0.3 is 15.2 Å². The third kappa shape index (κ3) is 6.45. The van der Waals surface area contributed by atoms with E-state index in [9.17, 15) is 14.3 Å². The lowest BCUT2D eigenvalue weighted by Crippen LogP contribution is -2.59. The Balaban J connectivity index is 1.41. The highest BCUT2D eigenvalue weighted by molar-refractivity contribution is 7.16. The topological polar surface area (TPSA) is 74.7 Å². The van der Waals surface area contributed by atoms with Crippen LogP contribution in [0.4, 0.5) is 9.52 Å². The van der Waals surface area contributed by atoms with Gasteiger partial charge in [-0.25, -0.2) is 9.37 Å². The quantitative estimate of drug-likeness (QED) is 0.452. The Kier molecular flexibility index (Phi) is 7.84. The van der Waals surface area contributed by atoms with E-state index in [2.05, 4.69) is 24.1 Å². The predicted molar refractivity (Wildman–Crippen MR) is 137 cm³/mol. The molecule has 0 aliphatic carbocycles. The minimum atomic E-state index is -1.02. The zero-order valence-electron chi connectivity index (χ0n) is 20.3. The number of carbonyl (C=O) groups is 1. The molecule has 1 aromatic heterocycles. The first kappa shape index (κ1) is 25.3. The fourth-order valence-electron chi connectivity index (χ4n) is 4.59. The van der Waals surface area contributed by atoms with Crippen molar-refractivity contribution in [2.75, 3.05) is 25.0 Å². The summed E-state index contributed by atoms with van der Waals surface area (Å²) >= 11 is 1.45. The van der Waals surface area contributed by atoms with Crippen LogP contribution in [0.2, 0.25) is 0 Å². The van der Waals surface area contributed by atoms with Gasteiger partial charge in [-0.15, -0.1) is 11.3 Å². The molecular weight excluding hydrogens is 465 g/mol. The Morgan fingerprint density at radius 3 is 2.66 bits per heavy atom. The first-order valence-corrected chi connectivity index (χ1v) is 12.7. The summed E-state index contributed by atoms with van der Waals surface area (Å²) in [5.74, 6) is 0.274. The van der Waals surface area contributed by atoms with Gasteiger partial charge in [-0.05, 0) is 49.9 Å². The first-order chi connectivity index (χ1) is 16.7. The minimum Gasteiger partial charge on any atom is -0.486 e. The van der Waals surface area contributed by atoms with Gasteiger partial charge in [-0.1, -0.05) is 44.2 Å². The van der Waals surface area contributed by atoms with Gasteiger partial charge in [0.05, 0.1) is 12.2 Å². The number of amides is 1. The van der Waals surface area contributed by atoms with E-state index in [1.54, 1.807) is 12.1 Å². The van der Waals surface area contributed by atoms with Crippen LogP contribution in [0.15, 0.2) is 54.6 Å². The molecule has 3 aromatic rings. The normalized spacial score (nSPS) is 20.7. The molecule has 186 valence electrons. The van der Waals surface area contributed by atoms with Gasteiger partial charge in [-0.2, -0.15) is 0 Å². The van der Waals surface area contributed by atoms with E-state index in [4.69, 9.17) is 4.74 Å². The van der Waals surface area contributed by atoms with E-state index in [-0.39, 0.29) is 24.2 Å². The summed E-state index contributed by atoms with van der Waals surface area (Å²) in [5.41, 5.74) is 0.866. The van der Waals surface area contributed by atoms with Crippen LogP contribution in [-0.4, -0.2) is 52.2 Å². The van der Waals surface area contributed by atoms with Crippen molar-refractivity contribution in [2.24, 2.45) is 5.92 Å². The number of halogens is 1. The third-order valence-corrected chi connectivity index (χ3v) is 7.08. The summed E-state index contributed by atoms with van der Waals surface area (Å²) in [5, 5.41) is 14.9. The molecular formula is C27H32FN3O3S. The second-order valence-electron chi connectivity index (χ2n) is 9.59. The maximum absolute atomic E-state index is 13.3. The second kappa shape index (κ2) is 10.8. The summed E-state index contributed by atoms with van der Waals surface area (Å²) < 4.78 is 19.5. The SMILES string of the molecule is Cc1sc(NC(=O)CN2CC[C@@](O)(CC(C)C)[C@@H](Oc3ccc(F)cc3)C2)nc1-c1ccccc1. The van der Waals surface area contributed by atoms with Crippen molar-refractivity contribution in [3.63, 3.8) is 0 Å². The maximum atomic E-state index is 13.3. The van der Waals surface area contributed by atoms with Crippen LogP contribution in [0, 0.1) is 18.7 Å². The molecule has 1 aliphatic heterocycles. The monoisotopic (exact) mass is 497 g/mol. The fraction of sp³-hybridized carbons (Fsp3) is 0.407. The molecule has 0 unspecified atom stereocenters. The van der Waals surface area contributed by atoms with Crippen molar-refractivity contribution in [1.82, 2.24) is 9.88 Å². The van der Waals surface area contributed by atoms with E-state index in [1.165, 1.54) is 23.5 Å². The predicted octanol–water partition coefficient (Wildman–Crippen LogP) is 5.13. The van der Waals surface area contributed by atoms with E-state index < -0.39 is 11.7 Å². The van der Waals surface area contributed by atoms with Crippen molar-refractivity contribution in [2.45, 2.75) is 45.3 Å². The smallest absolute Gasteiger partial charge is 0.240 e. The number of likely N-dealkylation sites (tertiary alicyclic amines) is 1. The number of aryl methyl sites for hydroxylation is 1. The Morgan fingerprint density at radius 2 is 1.97 bits per heavy atom. The highest BCUT2D eigenvalue weighted by Gasteiger charge is 2.44. The fourth-order valence-corrected chi connectivity index (χ4v) is 5.44. The summed E-state index contributed by atoms with van der Waals surface area (Å²) in [4.78, 5) is 20.5. The molecule has 1 saturated heterocycles. The Hall–Kier alpha value is -2.81. The molecule has 2 N–H and O–H groups in total. The Bertz CT molecular complexity index is 1140. The van der Waals surface area contributed by atoms with Crippen molar-refractivity contribution >= 4 is 22.4 Å². The van der Waals surface area contributed by atoms with Crippen LogP contribution in [0.5, 0.6) is 5.75 Å². The Labute approximate surface area is 209 Å². The number of piperidine rings is 1. The highest BCUT2D eigenvalue weighted by Crippen LogP contribution is 2.33. The van der Waals surface area contributed by atoms with E-state index >= 15 is 0 Å². The molecule has 6 nitrogen and oxygen atoms in total. The van der Waals surface area contributed by atoms with Crippen LogP contribution >= 0.6 is 11.3 Å². The van der Waals surface area contributed by atoms with Crippen LogP contribution in [0.1, 0.15) is 31.6 Å². The number of rotatable bonds is 8. The van der Waals surface area contributed by atoms with Crippen LogP contribution in [-0.2, 0) is 4.79 Å². The zero-order chi connectivity index (χ0) is 25.0. The number of nitrogens with zero attached hydrogens (tertiary/aromatic N) is 2. The molecule has 2 heterocycles. The van der Waals surface area contributed by atoms with Crippen molar-refractivity contribution in [3.8, 4) is 17.0 Å². The molecule has 1 fully saturated rings. The zero-order valence-corrected chi connectivity index (χ0v) is 21.1. The summed E-state index contributed by atoms with van der Waals surface area (Å²) in [6.45, 7) is 7.25. The molecule has 0 spiro atoms. The van der Waals surface area contributed by atoms with E-state index in [0.717, 1.165) is 16.1 Å². The van der Waals surface area contributed by atoms with Gasteiger partial charge in [0, 0.05) is 23.5 Å². The number of hydrogen-bond donors (Lipinski definition) is 2. The number of hydrogen-bond acceptors (Lipinski definition) is 6. The molecule has 1 aliphatic rings. The van der Waals surface area contributed by atoms with Crippen LogP contribution < -0.4 is 10.1 Å². The number of ether oxygens (including phenoxy) is 1. The van der Waals surface area contributed by atoms with E-state index in [0.29, 0.717) is 36.8 Å². The molecule has 35 heavy (non-hydrogen) atoms. The first-order valence-electron chi connectivity index (χ1n) is 11.9. The molecule has 2 aromatic carbocycles. The van der Waals surface area contributed by atoms with Crippen molar-refractivity contribution in [1.29, 1.82) is 0 Å². The number of benzene rings is 2. The van der Waals surface area contributed by atoms with Gasteiger partial charge >= 0.3 is 0 Å². The van der Waals surface area contributed by atoms with Gasteiger partial charge in [0.2, 0.25) is 5.91 Å². The number of thiazole rings is 1. The third-order valence-electron chi connectivity index (χ3n) is 6.20. The minimum absolute atomic E-state index is 0.159. The lowest BCUT2D eigenvalue weighted by atomic mass is 9.81. The summed E-state index contributed by atoms with van der Waals surface area (Å²) in [6, 6.07) is 15.7. The average Bonchev–Trinajstić information content (AvgIpc) is 3.17. The molecule has 1 amide bonds. The van der Waals surface area contributed by atoms with Crippen molar-refractivity contribution < 1.29 is 19.0 Å². The summed E-state index contributed by atoms with van der Waals surface area (Å²) in [7, 11) is 0. The second-order valence-corrected chi connectivity index (χ2v) is 10.8. The summed E-state index contributed by atoms with van der Waals surface area (Å²) in [6.07, 6.45) is 0.530. The average molecular weight is 498 g/mol. The van der Waals surface area contributed by atoms with Crippen LogP contribution in [0.3, 0.4) is 0 Å². The number of anilines is 1. The Morgan fingerprint density at radius 1 is 1.26 bits per heavy atom. The van der Waals surface area contributed by atoms with Crippen LogP contribution in [0.25, 0.3) is 11.3 Å². The lowest BCUT2D eigenvalue weighted by Gasteiger charge is -2.44. The number of carbonyl (C=O) groups excluding carboxylic acids is 1. The van der Waals surface area contributed by atoms with Gasteiger partial charge in [0.15, 0.2) is 5.13 Å². The molecule has 0 saturated carbocycles. The molecule has 8 heteroatoms. The standard InChI is InChI=1S/C27H32FN3O3S/c1-18(2)15-27(33)13-14-31(16-23(27)34-22-11-9-21(28)10-12-22)17-24(32)29-26-30-25(19(3)35-26)20-7-5-4-6-8-20/h4-12,18,23,33H,13-17H2,1-3H3,(H,29,30,32)/t23-,27+/m0/s1. The van der Waals surface area contributed by atoms with Gasteiger partial charge in [0.25, 0.3) is 0 Å². The van der Waals surface area contributed by atoms with Gasteiger partial charge in [-0.3, -0.25) is 9.69 Å². The number of aliphatic hydroxyl groups is 1. The number of aromatic nitrogens is 1. The maximum Gasteiger partial charge on any atom is 0.240 e. The molecule has 2 atom stereocenters. The molecule has 0 radical (unpaired) electrons. The highest BCUT2D eigenvalue weighted by atomic mass is 32.1. The van der Waals surface area contributed by atoms with E-state index in [1.807, 2.05) is 42.2 Å². The van der Waals surface area contributed by atoms with Gasteiger partial charge in [0.1, 0.15) is 23.3 Å². The lowest BCUT2D eigenvalue weighted by molar-refractivity contribution is -0.129. The van der Waals surface area contributed by atoms with Crippen molar-refractivity contribution in [3.05, 3.63) is 65.3 Å².